The Kier molecular flexibility index (Phi) is 5.88. The van der Waals surface area contributed by atoms with Gasteiger partial charge >= 0.3 is 6.03 Å². The molecule has 0 aliphatic heterocycles. The molecule has 0 saturated carbocycles. The van der Waals surface area contributed by atoms with Crippen LogP contribution in [0.2, 0.25) is 5.02 Å². The quantitative estimate of drug-likeness (QED) is 0.794. The molecule has 2 aromatic rings. The minimum absolute atomic E-state index is 0.246. The fraction of sp³-hybridized carbons (Fsp3) is 0.278. The van der Waals surface area contributed by atoms with Crippen LogP contribution in [0.4, 0.5) is 10.5 Å². The molecule has 0 spiro atoms. The average molecular weight is 333 g/mol. The van der Waals surface area contributed by atoms with Crippen molar-refractivity contribution < 1.29 is 9.53 Å². The maximum Gasteiger partial charge on any atom is 0.319 e. The van der Waals surface area contributed by atoms with Crippen LogP contribution in [0.15, 0.2) is 36.4 Å². The second-order valence-corrected chi connectivity index (χ2v) is 5.85. The maximum absolute atomic E-state index is 11.8. The molecule has 2 N–H and O–H groups in total. The Bertz CT molecular complexity index is 701. The molecule has 0 saturated heterocycles. The lowest BCUT2D eigenvalue weighted by Gasteiger charge is -2.10. The predicted octanol–water partition coefficient (Wildman–Crippen LogP) is 4.47. The SMILES string of the molecule is Cc1ccc(NC(=O)NCCOc2ccc(Cl)c(C)c2)cc1C. The molecule has 0 bridgehead atoms. The number of benzene rings is 2. The van der Waals surface area contributed by atoms with Gasteiger partial charge in [0.05, 0.1) is 6.54 Å². The molecule has 0 aliphatic rings. The zero-order chi connectivity index (χ0) is 16.8. The highest BCUT2D eigenvalue weighted by atomic mass is 35.5. The molecule has 0 aliphatic carbocycles. The molecule has 5 heteroatoms. The summed E-state index contributed by atoms with van der Waals surface area (Å²) in [4.78, 5) is 11.8. The number of ether oxygens (including phenoxy) is 1. The van der Waals surface area contributed by atoms with Crippen LogP contribution in [0.3, 0.4) is 0 Å². The fourth-order valence-corrected chi connectivity index (χ4v) is 2.15. The lowest BCUT2D eigenvalue weighted by Crippen LogP contribution is -2.32. The van der Waals surface area contributed by atoms with Gasteiger partial charge in [-0.25, -0.2) is 4.79 Å². The molecule has 0 unspecified atom stereocenters. The molecule has 2 rings (SSSR count). The van der Waals surface area contributed by atoms with Gasteiger partial charge in [-0.3, -0.25) is 0 Å². The zero-order valence-electron chi connectivity index (χ0n) is 13.6. The summed E-state index contributed by atoms with van der Waals surface area (Å²) in [5, 5.41) is 6.27. The van der Waals surface area contributed by atoms with E-state index >= 15 is 0 Å². The molecule has 0 aromatic heterocycles. The molecule has 23 heavy (non-hydrogen) atoms. The van der Waals surface area contributed by atoms with E-state index in [9.17, 15) is 4.79 Å². The van der Waals surface area contributed by atoms with E-state index in [0.29, 0.717) is 18.2 Å². The van der Waals surface area contributed by atoms with Crippen LogP contribution in [0, 0.1) is 20.8 Å². The third-order valence-corrected chi connectivity index (χ3v) is 3.97. The van der Waals surface area contributed by atoms with Crippen molar-refractivity contribution in [3.05, 3.63) is 58.1 Å². The van der Waals surface area contributed by atoms with E-state index in [0.717, 1.165) is 22.6 Å². The van der Waals surface area contributed by atoms with E-state index in [1.807, 2.05) is 51.1 Å². The maximum atomic E-state index is 11.8. The molecule has 2 amide bonds. The summed E-state index contributed by atoms with van der Waals surface area (Å²) in [6.07, 6.45) is 0. The van der Waals surface area contributed by atoms with Gasteiger partial charge in [-0.1, -0.05) is 17.7 Å². The van der Waals surface area contributed by atoms with Crippen LogP contribution >= 0.6 is 11.6 Å². The lowest BCUT2D eigenvalue weighted by molar-refractivity contribution is 0.247. The summed E-state index contributed by atoms with van der Waals surface area (Å²) < 4.78 is 5.58. The van der Waals surface area contributed by atoms with Gasteiger partial charge < -0.3 is 15.4 Å². The predicted molar refractivity (Wildman–Crippen MR) is 94.6 cm³/mol. The summed E-state index contributed by atoms with van der Waals surface area (Å²) in [6, 6.07) is 11.0. The van der Waals surface area contributed by atoms with Gasteiger partial charge in [0.1, 0.15) is 12.4 Å². The highest BCUT2D eigenvalue weighted by molar-refractivity contribution is 6.31. The Balaban J connectivity index is 1.74. The number of halogens is 1. The smallest absolute Gasteiger partial charge is 0.319 e. The average Bonchev–Trinajstić information content (AvgIpc) is 2.51. The third kappa shape index (κ3) is 5.18. The van der Waals surface area contributed by atoms with Crippen molar-refractivity contribution in [2.24, 2.45) is 0 Å². The Hall–Kier alpha value is -2.20. The largest absolute Gasteiger partial charge is 0.492 e. The molecule has 122 valence electrons. The van der Waals surface area contributed by atoms with Gasteiger partial charge in [0.15, 0.2) is 0 Å². The van der Waals surface area contributed by atoms with Crippen molar-refractivity contribution in [2.75, 3.05) is 18.5 Å². The van der Waals surface area contributed by atoms with Gasteiger partial charge in [-0.2, -0.15) is 0 Å². The summed E-state index contributed by atoms with van der Waals surface area (Å²) in [6.45, 7) is 6.78. The first-order valence-electron chi connectivity index (χ1n) is 7.47. The van der Waals surface area contributed by atoms with Crippen molar-refractivity contribution in [3.8, 4) is 5.75 Å². The van der Waals surface area contributed by atoms with Gasteiger partial charge in [-0.05, 0) is 67.8 Å². The second-order valence-electron chi connectivity index (χ2n) is 5.44. The Morgan fingerprint density at radius 3 is 2.52 bits per heavy atom. The minimum Gasteiger partial charge on any atom is -0.492 e. The van der Waals surface area contributed by atoms with Crippen LogP contribution in [-0.4, -0.2) is 19.2 Å². The highest BCUT2D eigenvalue weighted by Crippen LogP contribution is 2.20. The van der Waals surface area contributed by atoms with E-state index in [1.54, 1.807) is 6.07 Å². The summed E-state index contributed by atoms with van der Waals surface area (Å²) >= 11 is 5.96. The molecule has 4 nitrogen and oxygen atoms in total. The first-order chi connectivity index (χ1) is 11.0. The van der Waals surface area contributed by atoms with Crippen molar-refractivity contribution in [3.63, 3.8) is 0 Å². The van der Waals surface area contributed by atoms with Crippen molar-refractivity contribution in [1.82, 2.24) is 5.32 Å². The molecule has 0 atom stereocenters. The van der Waals surface area contributed by atoms with Gasteiger partial charge in [0, 0.05) is 10.7 Å². The molecule has 2 aromatic carbocycles. The third-order valence-electron chi connectivity index (χ3n) is 3.55. The first-order valence-corrected chi connectivity index (χ1v) is 7.84. The van der Waals surface area contributed by atoms with Crippen molar-refractivity contribution in [1.29, 1.82) is 0 Å². The first kappa shape index (κ1) is 17.2. The van der Waals surface area contributed by atoms with Crippen LogP contribution in [0.5, 0.6) is 5.75 Å². The highest BCUT2D eigenvalue weighted by Gasteiger charge is 2.03. The second kappa shape index (κ2) is 7.88. The number of hydrogen-bond acceptors (Lipinski definition) is 2. The van der Waals surface area contributed by atoms with Crippen molar-refractivity contribution in [2.45, 2.75) is 20.8 Å². The number of carbonyl (C=O) groups is 1. The number of amides is 2. The zero-order valence-corrected chi connectivity index (χ0v) is 14.3. The van der Waals surface area contributed by atoms with Crippen molar-refractivity contribution >= 4 is 23.3 Å². The van der Waals surface area contributed by atoms with E-state index in [-0.39, 0.29) is 6.03 Å². The van der Waals surface area contributed by atoms with Crippen LogP contribution in [0.25, 0.3) is 0 Å². The van der Waals surface area contributed by atoms with Crippen LogP contribution in [0.1, 0.15) is 16.7 Å². The standard InChI is InChI=1S/C18H21ClN2O2/c1-12-4-5-15(10-13(12)2)21-18(22)20-8-9-23-16-6-7-17(19)14(3)11-16/h4-7,10-11H,8-9H2,1-3H3,(H2,20,21,22). The Labute approximate surface area is 141 Å². The number of urea groups is 1. The summed E-state index contributed by atoms with van der Waals surface area (Å²) in [5.74, 6) is 0.739. The van der Waals surface area contributed by atoms with Crippen LogP contribution in [-0.2, 0) is 0 Å². The van der Waals surface area contributed by atoms with Gasteiger partial charge in [0.2, 0.25) is 0 Å². The molecule has 0 fully saturated rings. The van der Waals surface area contributed by atoms with E-state index in [2.05, 4.69) is 10.6 Å². The number of anilines is 1. The number of nitrogens with one attached hydrogen (secondary N) is 2. The molecule has 0 heterocycles. The van der Waals surface area contributed by atoms with E-state index < -0.39 is 0 Å². The minimum atomic E-state index is -0.246. The Morgan fingerprint density at radius 2 is 1.83 bits per heavy atom. The van der Waals surface area contributed by atoms with Gasteiger partial charge in [0.25, 0.3) is 0 Å². The number of aryl methyl sites for hydroxylation is 3. The lowest BCUT2D eigenvalue weighted by atomic mass is 10.1. The number of rotatable bonds is 5. The number of carbonyl (C=O) groups excluding carboxylic acids is 1. The van der Waals surface area contributed by atoms with E-state index in [1.165, 1.54) is 5.56 Å². The summed E-state index contributed by atoms with van der Waals surface area (Å²) in [7, 11) is 0. The normalized spacial score (nSPS) is 10.3. The monoisotopic (exact) mass is 332 g/mol. The topological polar surface area (TPSA) is 50.4 Å². The fourth-order valence-electron chi connectivity index (χ4n) is 2.03. The number of hydrogen-bond donors (Lipinski definition) is 2. The van der Waals surface area contributed by atoms with E-state index in [4.69, 9.17) is 16.3 Å². The van der Waals surface area contributed by atoms with Crippen LogP contribution < -0.4 is 15.4 Å². The molecule has 0 radical (unpaired) electrons. The Morgan fingerprint density at radius 1 is 1.04 bits per heavy atom. The van der Waals surface area contributed by atoms with Gasteiger partial charge in [-0.15, -0.1) is 0 Å². The molecular weight excluding hydrogens is 312 g/mol. The molecular formula is C18H21ClN2O2. The summed E-state index contributed by atoms with van der Waals surface area (Å²) in [5.41, 5.74) is 4.08.